The molecule has 15 nitrogen and oxygen atoms in total. The third-order valence-electron chi connectivity index (χ3n) is 6.34. The molecular weight excluding hydrogens is 609 g/mol. The van der Waals surface area contributed by atoms with Gasteiger partial charge in [-0.15, -0.1) is 0 Å². The summed E-state index contributed by atoms with van der Waals surface area (Å²) in [5.41, 5.74) is 8.82. The van der Waals surface area contributed by atoms with Crippen LogP contribution in [-0.4, -0.2) is 69.3 Å². The maximum absolute atomic E-state index is 13.2. The van der Waals surface area contributed by atoms with Crippen LogP contribution in [0.4, 0.5) is 10.5 Å². The number of nitrogens with one attached hydrogen (secondary N) is 2. The van der Waals surface area contributed by atoms with Crippen LogP contribution in [0.1, 0.15) is 68.2 Å². The number of ether oxygens (including phenoxy) is 2. The minimum absolute atomic E-state index is 0.0102. The highest BCUT2D eigenvalue weighted by Gasteiger charge is 2.27. The van der Waals surface area contributed by atoms with Gasteiger partial charge in [0.25, 0.3) is 11.8 Å². The van der Waals surface area contributed by atoms with Crippen molar-refractivity contribution in [2.75, 3.05) is 19.9 Å². The number of esters is 1. The Morgan fingerprint density at radius 3 is 2.31 bits per heavy atom. The number of carbonyl (C=O) groups is 4. The van der Waals surface area contributed by atoms with Crippen molar-refractivity contribution in [2.24, 2.45) is 10.7 Å². The molecule has 0 saturated carbocycles. The van der Waals surface area contributed by atoms with E-state index in [9.17, 15) is 23.7 Å². The summed E-state index contributed by atoms with van der Waals surface area (Å²) in [6.45, 7) is 6.61. The fourth-order valence-electron chi connectivity index (χ4n) is 3.97. The van der Waals surface area contributed by atoms with Crippen LogP contribution in [0.15, 0.2) is 53.7 Å². The zero-order valence-electron chi connectivity index (χ0n) is 25.0. The number of nitrogens with zero attached hydrogens (tertiary/aromatic N) is 2. The topological polar surface area (TPSA) is 223 Å². The standard InChI is InChI=1S/C29H34N5O10P/c1-5-13-31-26(35)20-8-7-17(3)23(14-20)33-25(30)24-18(4)22(15-32-24)27(36)34(6-2)29(38)43-16-42-28(37)19-9-11-21(12-10-19)44-45(39,40)41/h7-12,14-15,32H,5-6,13,16H2,1-4H3,(H2,30,33)(H,31,35)(H2,39,40,41). The molecule has 0 atom stereocenters. The number of nitrogens with two attached hydrogens (primary N) is 1. The quantitative estimate of drug-likeness (QED) is 0.0629. The lowest BCUT2D eigenvalue weighted by Gasteiger charge is -2.18. The second-order valence-corrected chi connectivity index (χ2v) is 10.7. The van der Waals surface area contributed by atoms with E-state index in [0.29, 0.717) is 29.1 Å². The van der Waals surface area contributed by atoms with Gasteiger partial charge in [-0.2, -0.15) is 0 Å². The van der Waals surface area contributed by atoms with Gasteiger partial charge >= 0.3 is 19.9 Å². The van der Waals surface area contributed by atoms with Gasteiger partial charge in [-0.05, 0) is 74.7 Å². The number of amidine groups is 1. The summed E-state index contributed by atoms with van der Waals surface area (Å²) >= 11 is 0. The number of H-pyrrole nitrogens is 1. The SMILES string of the molecule is CCCNC(=O)c1ccc(C)c(N=C(N)c2[nH]cc(C(=O)N(CC)C(=O)OCOC(=O)c3ccc(OP(=O)(O)O)cc3)c2C)c1. The van der Waals surface area contributed by atoms with Gasteiger partial charge in [0.2, 0.25) is 6.79 Å². The zero-order chi connectivity index (χ0) is 33.3. The van der Waals surface area contributed by atoms with Crippen LogP contribution >= 0.6 is 7.82 Å². The molecule has 0 spiro atoms. The number of phosphoric ester groups is 1. The Kier molecular flexibility index (Phi) is 11.6. The van der Waals surface area contributed by atoms with Gasteiger partial charge in [0.15, 0.2) is 0 Å². The maximum atomic E-state index is 13.2. The number of aryl methyl sites for hydroxylation is 1. The summed E-state index contributed by atoms with van der Waals surface area (Å²) in [5, 5.41) is 2.81. The van der Waals surface area contributed by atoms with Crippen molar-refractivity contribution in [2.45, 2.75) is 34.1 Å². The van der Waals surface area contributed by atoms with Crippen LogP contribution in [0.3, 0.4) is 0 Å². The van der Waals surface area contributed by atoms with Crippen LogP contribution < -0.4 is 15.6 Å². The highest BCUT2D eigenvalue weighted by Crippen LogP contribution is 2.37. The molecule has 1 heterocycles. The molecule has 6 N–H and O–H groups in total. The first-order valence-corrected chi connectivity index (χ1v) is 15.2. The molecule has 3 amide bonds. The Hall–Kier alpha value is -4.98. The number of aliphatic imine (C=N–C) groups is 1. The number of aromatic amines is 1. The zero-order valence-corrected chi connectivity index (χ0v) is 25.9. The molecule has 16 heteroatoms. The Balaban J connectivity index is 1.66. The second-order valence-electron chi connectivity index (χ2n) is 9.57. The fourth-order valence-corrected chi connectivity index (χ4v) is 4.36. The normalized spacial score (nSPS) is 11.5. The molecule has 0 aliphatic carbocycles. The van der Waals surface area contributed by atoms with Gasteiger partial charge in [0, 0.05) is 24.8 Å². The van der Waals surface area contributed by atoms with Crippen LogP contribution in [0.5, 0.6) is 5.75 Å². The predicted molar refractivity (Wildman–Crippen MR) is 162 cm³/mol. The molecule has 0 aliphatic heterocycles. The summed E-state index contributed by atoms with van der Waals surface area (Å²) in [7, 11) is -4.76. The first-order chi connectivity index (χ1) is 21.2. The van der Waals surface area contributed by atoms with Gasteiger partial charge < -0.3 is 30.0 Å². The Labute approximate surface area is 258 Å². The van der Waals surface area contributed by atoms with Crippen molar-refractivity contribution < 1.29 is 47.5 Å². The van der Waals surface area contributed by atoms with E-state index in [1.165, 1.54) is 18.3 Å². The number of benzene rings is 2. The minimum Gasteiger partial charge on any atom is -0.424 e. The number of rotatable bonds is 12. The first-order valence-electron chi connectivity index (χ1n) is 13.7. The van der Waals surface area contributed by atoms with E-state index in [1.807, 2.05) is 13.8 Å². The van der Waals surface area contributed by atoms with E-state index in [-0.39, 0.29) is 35.2 Å². The number of phosphoric acid groups is 1. The molecule has 0 saturated heterocycles. The molecule has 0 bridgehead atoms. The summed E-state index contributed by atoms with van der Waals surface area (Å²) in [5.74, 6) is -1.95. The van der Waals surface area contributed by atoms with E-state index in [4.69, 9.17) is 25.0 Å². The summed E-state index contributed by atoms with van der Waals surface area (Å²) in [6.07, 6.45) is 1.10. The molecule has 2 aromatic carbocycles. The molecule has 45 heavy (non-hydrogen) atoms. The summed E-state index contributed by atoms with van der Waals surface area (Å²) in [4.78, 5) is 76.4. The molecule has 0 fully saturated rings. The number of hydrogen-bond acceptors (Lipinski definition) is 9. The third kappa shape index (κ3) is 9.25. The molecule has 1 aromatic heterocycles. The lowest BCUT2D eigenvalue weighted by atomic mass is 10.1. The van der Waals surface area contributed by atoms with Crippen molar-refractivity contribution in [3.63, 3.8) is 0 Å². The maximum Gasteiger partial charge on any atom is 0.524 e. The van der Waals surface area contributed by atoms with Crippen molar-refractivity contribution in [1.82, 2.24) is 15.2 Å². The average molecular weight is 644 g/mol. The number of amides is 3. The Bertz CT molecular complexity index is 1650. The van der Waals surface area contributed by atoms with Gasteiger partial charge in [-0.1, -0.05) is 13.0 Å². The van der Waals surface area contributed by atoms with Crippen LogP contribution in [0.25, 0.3) is 0 Å². The van der Waals surface area contributed by atoms with E-state index >= 15 is 0 Å². The average Bonchev–Trinajstić information content (AvgIpc) is 3.38. The van der Waals surface area contributed by atoms with Gasteiger partial charge in [-0.25, -0.2) is 24.0 Å². The minimum atomic E-state index is -4.76. The molecule has 0 aliphatic rings. The van der Waals surface area contributed by atoms with Crippen molar-refractivity contribution in [3.05, 3.63) is 82.2 Å². The highest BCUT2D eigenvalue weighted by molar-refractivity contribution is 7.46. The molecule has 0 radical (unpaired) electrons. The van der Waals surface area contributed by atoms with Crippen molar-refractivity contribution in [1.29, 1.82) is 0 Å². The second kappa shape index (κ2) is 15.1. The lowest BCUT2D eigenvalue weighted by Crippen LogP contribution is -2.37. The van der Waals surface area contributed by atoms with Crippen molar-refractivity contribution >= 4 is 43.2 Å². The van der Waals surface area contributed by atoms with E-state index in [1.54, 1.807) is 32.0 Å². The number of aromatic nitrogens is 1. The Morgan fingerprint density at radius 1 is 1.02 bits per heavy atom. The van der Waals surface area contributed by atoms with Gasteiger partial charge in [0.05, 0.1) is 22.5 Å². The van der Waals surface area contributed by atoms with Crippen LogP contribution in [-0.2, 0) is 14.0 Å². The molecular formula is C29H34N5O10P. The summed E-state index contributed by atoms with van der Waals surface area (Å²) < 4.78 is 25.2. The molecule has 3 aromatic rings. The number of hydrogen-bond donors (Lipinski definition) is 5. The fraction of sp³-hybridized carbons (Fsp3) is 0.276. The largest absolute Gasteiger partial charge is 0.524 e. The van der Waals surface area contributed by atoms with Gasteiger partial charge in [-0.3, -0.25) is 19.4 Å². The highest BCUT2D eigenvalue weighted by atomic mass is 31.2. The van der Waals surface area contributed by atoms with Crippen LogP contribution in [0, 0.1) is 13.8 Å². The molecule has 0 unspecified atom stereocenters. The van der Waals surface area contributed by atoms with Gasteiger partial charge in [0.1, 0.15) is 11.6 Å². The monoisotopic (exact) mass is 643 g/mol. The van der Waals surface area contributed by atoms with E-state index in [2.05, 4.69) is 19.8 Å². The number of carbonyl (C=O) groups excluding carboxylic acids is 4. The van der Waals surface area contributed by atoms with Crippen LogP contribution in [0.2, 0.25) is 0 Å². The Morgan fingerprint density at radius 2 is 1.69 bits per heavy atom. The number of imide groups is 1. The predicted octanol–water partition coefficient (Wildman–Crippen LogP) is 3.69. The lowest BCUT2D eigenvalue weighted by molar-refractivity contribution is -0.0102. The van der Waals surface area contributed by atoms with Crippen molar-refractivity contribution in [3.8, 4) is 5.75 Å². The summed E-state index contributed by atoms with van der Waals surface area (Å²) in [6, 6.07) is 9.75. The molecule has 240 valence electrons. The smallest absolute Gasteiger partial charge is 0.424 e. The third-order valence-corrected chi connectivity index (χ3v) is 6.79. The first kappa shape index (κ1) is 34.5. The van der Waals surface area contributed by atoms with E-state index < -0.39 is 32.6 Å². The van der Waals surface area contributed by atoms with E-state index in [0.717, 1.165) is 29.0 Å². The molecule has 3 rings (SSSR count).